The highest BCUT2D eigenvalue weighted by molar-refractivity contribution is 9.10. The number of methoxy groups -OCH3 is 2. The standard InChI is InChI=1S/C21H20BrN5O5/c1-13(17-9-8-16(31-2)10-19(17)32-3)23-24-21(28)20-18(22)12-26(25-20)11-14-4-6-15(7-5-14)27(29)30/h4-10,12H,11H2,1-3H3,(H,24,28). The Balaban J connectivity index is 1.72. The number of nitro benzene ring substituents is 1. The van der Waals surface area contributed by atoms with Crippen LogP contribution in [-0.2, 0) is 6.54 Å². The third kappa shape index (κ3) is 5.30. The molecule has 0 saturated heterocycles. The second kappa shape index (κ2) is 10.1. The van der Waals surface area contributed by atoms with E-state index in [4.69, 9.17) is 9.47 Å². The van der Waals surface area contributed by atoms with Crippen molar-refractivity contribution in [2.45, 2.75) is 13.5 Å². The number of hydrogen-bond acceptors (Lipinski definition) is 7. The second-order valence-corrected chi connectivity index (χ2v) is 7.51. The summed E-state index contributed by atoms with van der Waals surface area (Å²) in [4.78, 5) is 22.9. The highest BCUT2D eigenvalue weighted by atomic mass is 79.9. The van der Waals surface area contributed by atoms with Crippen molar-refractivity contribution in [3.63, 3.8) is 0 Å². The molecule has 10 nitrogen and oxygen atoms in total. The highest BCUT2D eigenvalue weighted by Crippen LogP contribution is 2.25. The van der Waals surface area contributed by atoms with E-state index in [0.29, 0.717) is 33.8 Å². The Labute approximate surface area is 192 Å². The fourth-order valence-electron chi connectivity index (χ4n) is 2.89. The average Bonchev–Trinajstić information content (AvgIpc) is 3.16. The van der Waals surface area contributed by atoms with Gasteiger partial charge in [-0.25, -0.2) is 5.43 Å². The lowest BCUT2D eigenvalue weighted by Crippen LogP contribution is -2.21. The maximum Gasteiger partial charge on any atom is 0.293 e. The zero-order chi connectivity index (χ0) is 23.3. The lowest BCUT2D eigenvalue weighted by molar-refractivity contribution is -0.384. The number of non-ortho nitro benzene ring substituents is 1. The van der Waals surface area contributed by atoms with Gasteiger partial charge in [-0.3, -0.25) is 19.6 Å². The van der Waals surface area contributed by atoms with Gasteiger partial charge in [-0.1, -0.05) is 12.1 Å². The molecular formula is C21H20BrN5O5. The molecule has 0 aliphatic carbocycles. The van der Waals surface area contributed by atoms with E-state index in [0.717, 1.165) is 5.56 Å². The number of carbonyl (C=O) groups is 1. The number of rotatable bonds is 8. The first-order chi connectivity index (χ1) is 15.3. The number of hydrogen-bond donors (Lipinski definition) is 1. The summed E-state index contributed by atoms with van der Waals surface area (Å²) in [5, 5.41) is 19.2. The molecule has 1 N–H and O–H groups in total. The summed E-state index contributed by atoms with van der Waals surface area (Å²) >= 11 is 3.34. The van der Waals surface area contributed by atoms with Crippen LogP contribution in [0.25, 0.3) is 0 Å². The largest absolute Gasteiger partial charge is 0.497 e. The van der Waals surface area contributed by atoms with Crippen LogP contribution < -0.4 is 14.9 Å². The summed E-state index contributed by atoms with van der Waals surface area (Å²) in [6.45, 7) is 2.09. The van der Waals surface area contributed by atoms with Gasteiger partial charge in [-0.2, -0.15) is 10.2 Å². The SMILES string of the molecule is COc1ccc(C(C)=NNC(=O)c2nn(Cc3ccc([N+](=O)[O-])cc3)cc2Br)c(OC)c1. The molecule has 0 spiro atoms. The quantitative estimate of drug-likeness (QED) is 0.284. The van der Waals surface area contributed by atoms with Crippen molar-refractivity contribution in [1.29, 1.82) is 0 Å². The molecule has 11 heteroatoms. The highest BCUT2D eigenvalue weighted by Gasteiger charge is 2.16. The number of hydrazone groups is 1. The number of nitrogens with one attached hydrogen (secondary N) is 1. The number of nitrogens with zero attached hydrogens (tertiary/aromatic N) is 4. The van der Waals surface area contributed by atoms with E-state index >= 15 is 0 Å². The molecule has 2 aromatic carbocycles. The van der Waals surface area contributed by atoms with Gasteiger partial charge in [0.05, 0.1) is 35.9 Å². The number of ether oxygens (including phenoxy) is 2. The molecule has 0 fully saturated rings. The lowest BCUT2D eigenvalue weighted by atomic mass is 10.1. The van der Waals surface area contributed by atoms with Gasteiger partial charge in [0.1, 0.15) is 11.5 Å². The third-order valence-corrected chi connectivity index (χ3v) is 5.13. The van der Waals surface area contributed by atoms with Crippen molar-refractivity contribution < 1.29 is 19.2 Å². The molecule has 1 aromatic heterocycles. The second-order valence-electron chi connectivity index (χ2n) is 6.65. The minimum absolute atomic E-state index is 0.0113. The third-order valence-electron chi connectivity index (χ3n) is 4.55. The fourth-order valence-corrected chi connectivity index (χ4v) is 3.38. The van der Waals surface area contributed by atoms with Gasteiger partial charge in [0, 0.05) is 30.0 Å². The molecule has 0 atom stereocenters. The Morgan fingerprint density at radius 3 is 2.56 bits per heavy atom. The van der Waals surface area contributed by atoms with E-state index in [-0.39, 0.29) is 11.4 Å². The van der Waals surface area contributed by atoms with Gasteiger partial charge >= 0.3 is 0 Å². The van der Waals surface area contributed by atoms with Gasteiger partial charge in [-0.15, -0.1) is 0 Å². The van der Waals surface area contributed by atoms with Crippen molar-refractivity contribution in [1.82, 2.24) is 15.2 Å². The minimum Gasteiger partial charge on any atom is -0.497 e. The van der Waals surface area contributed by atoms with E-state index in [1.807, 2.05) is 0 Å². The molecule has 3 rings (SSSR count). The molecule has 32 heavy (non-hydrogen) atoms. The van der Waals surface area contributed by atoms with Gasteiger partial charge in [-0.05, 0) is 40.5 Å². The van der Waals surface area contributed by atoms with Gasteiger partial charge in [0.25, 0.3) is 11.6 Å². The Morgan fingerprint density at radius 2 is 1.94 bits per heavy atom. The van der Waals surface area contributed by atoms with E-state index in [1.165, 1.54) is 12.1 Å². The topological polar surface area (TPSA) is 121 Å². The lowest BCUT2D eigenvalue weighted by Gasteiger charge is -2.10. The van der Waals surface area contributed by atoms with Crippen molar-refractivity contribution in [3.8, 4) is 11.5 Å². The van der Waals surface area contributed by atoms with Crippen LogP contribution in [0.15, 0.2) is 58.2 Å². The number of aromatic nitrogens is 2. The number of carbonyl (C=O) groups excluding carboxylic acids is 1. The Kier molecular flexibility index (Phi) is 7.21. The van der Waals surface area contributed by atoms with Crippen molar-refractivity contribution in [2.24, 2.45) is 5.10 Å². The molecule has 0 unspecified atom stereocenters. The molecular weight excluding hydrogens is 482 g/mol. The predicted molar refractivity (Wildman–Crippen MR) is 121 cm³/mol. The normalized spacial score (nSPS) is 11.2. The van der Waals surface area contributed by atoms with Crippen LogP contribution in [-0.4, -0.2) is 40.5 Å². The van der Waals surface area contributed by atoms with Crippen LogP contribution in [0.5, 0.6) is 11.5 Å². The maximum atomic E-state index is 12.6. The molecule has 0 aliphatic rings. The average molecular weight is 502 g/mol. The van der Waals surface area contributed by atoms with E-state index in [9.17, 15) is 14.9 Å². The van der Waals surface area contributed by atoms with Gasteiger partial charge < -0.3 is 9.47 Å². The first-order valence-electron chi connectivity index (χ1n) is 9.35. The minimum atomic E-state index is -0.494. The molecule has 0 radical (unpaired) electrons. The van der Waals surface area contributed by atoms with Crippen LogP contribution in [0.2, 0.25) is 0 Å². The zero-order valence-corrected chi connectivity index (χ0v) is 19.1. The monoisotopic (exact) mass is 501 g/mol. The molecule has 1 heterocycles. The number of halogens is 1. The molecule has 166 valence electrons. The number of nitro groups is 1. The Morgan fingerprint density at radius 1 is 1.22 bits per heavy atom. The Hall–Kier alpha value is -3.73. The van der Waals surface area contributed by atoms with Crippen molar-refractivity contribution in [3.05, 3.63) is 80.1 Å². The van der Waals surface area contributed by atoms with Gasteiger partial charge in [0.2, 0.25) is 0 Å². The van der Waals surface area contributed by atoms with E-state index in [1.54, 1.807) is 62.4 Å². The number of amides is 1. The molecule has 3 aromatic rings. The van der Waals surface area contributed by atoms with Gasteiger partial charge in [0.15, 0.2) is 5.69 Å². The van der Waals surface area contributed by atoms with Crippen LogP contribution in [0.3, 0.4) is 0 Å². The van der Waals surface area contributed by atoms with E-state index < -0.39 is 10.8 Å². The number of benzene rings is 2. The first-order valence-corrected chi connectivity index (χ1v) is 10.1. The van der Waals surface area contributed by atoms with Crippen molar-refractivity contribution >= 4 is 33.2 Å². The van der Waals surface area contributed by atoms with Crippen molar-refractivity contribution in [2.75, 3.05) is 14.2 Å². The van der Waals surface area contributed by atoms with Crippen LogP contribution in [0, 0.1) is 10.1 Å². The smallest absolute Gasteiger partial charge is 0.293 e. The maximum absolute atomic E-state index is 12.6. The Bertz CT molecular complexity index is 1170. The van der Waals surface area contributed by atoms with Crippen LogP contribution in [0.4, 0.5) is 5.69 Å². The summed E-state index contributed by atoms with van der Waals surface area (Å²) in [6, 6.07) is 11.4. The molecule has 0 bridgehead atoms. The molecule has 1 amide bonds. The summed E-state index contributed by atoms with van der Waals surface area (Å²) < 4.78 is 12.6. The summed E-state index contributed by atoms with van der Waals surface area (Å²) in [5.74, 6) is 0.712. The summed E-state index contributed by atoms with van der Waals surface area (Å²) in [5.41, 5.74) is 4.72. The first kappa shape index (κ1) is 22.9. The molecule has 0 saturated carbocycles. The molecule has 0 aliphatic heterocycles. The summed E-state index contributed by atoms with van der Waals surface area (Å²) in [7, 11) is 3.10. The zero-order valence-electron chi connectivity index (χ0n) is 17.5. The predicted octanol–water partition coefficient (Wildman–Crippen LogP) is 3.77. The fraction of sp³-hybridized carbons (Fsp3) is 0.190. The van der Waals surface area contributed by atoms with E-state index in [2.05, 4.69) is 31.6 Å². The van der Waals surface area contributed by atoms with Crippen LogP contribution in [0.1, 0.15) is 28.5 Å². The summed E-state index contributed by atoms with van der Waals surface area (Å²) in [6.07, 6.45) is 1.65. The van der Waals surface area contributed by atoms with Crippen LogP contribution >= 0.6 is 15.9 Å².